The molecule has 0 aromatic carbocycles. The molecule has 0 unspecified atom stereocenters. The number of aryl methyl sites for hydroxylation is 1. The highest BCUT2D eigenvalue weighted by molar-refractivity contribution is 5.56. The normalized spacial score (nSPS) is 10.2. The Labute approximate surface area is 84.4 Å². The van der Waals surface area contributed by atoms with Gasteiger partial charge in [0.15, 0.2) is 0 Å². The van der Waals surface area contributed by atoms with Crippen LogP contribution in [0.4, 0.5) is 0 Å². The Balaban J connectivity index is 2.92. The average Bonchev–Trinajstić information content (AvgIpc) is 2.48. The van der Waals surface area contributed by atoms with Crippen molar-refractivity contribution in [1.29, 1.82) is 0 Å². The Morgan fingerprint density at radius 3 is 3.00 bits per heavy atom. The second-order valence-electron chi connectivity index (χ2n) is 3.05. The average molecular weight is 195 g/mol. The van der Waals surface area contributed by atoms with E-state index < -0.39 is 0 Å². The van der Waals surface area contributed by atoms with Crippen molar-refractivity contribution < 1.29 is 4.74 Å². The maximum atomic E-state index is 5.49. The Morgan fingerprint density at radius 1 is 1.71 bits per heavy atom. The second-order valence-corrected chi connectivity index (χ2v) is 3.05. The number of imidazole rings is 1. The largest absolute Gasteiger partial charge is 0.492 e. The summed E-state index contributed by atoms with van der Waals surface area (Å²) < 4.78 is 7.26. The number of hydrogen-bond donors (Lipinski definition) is 1. The maximum Gasteiger partial charge on any atom is 0.137 e. The number of hydrogen-bond acceptors (Lipinski definition) is 3. The van der Waals surface area contributed by atoms with Crippen LogP contribution in [0.2, 0.25) is 0 Å². The number of nitrogens with zero attached hydrogens (tertiary/aromatic N) is 2. The van der Waals surface area contributed by atoms with Gasteiger partial charge in [-0.3, -0.25) is 0 Å². The lowest BCUT2D eigenvalue weighted by Crippen LogP contribution is -2.07. The molecular weight excluding hydrogens is 178 g/mol. The Bertz CT molecular complexity index is 317. The van der Waals surface area contributed by atoms with Crippen molar-refractivity contribution >= 4 is 5.76 Å². The van der Waals surface area contributed by atoms with E-state index >= 15 is 0 Å². The lowest BCUT2D eigenvalue weighted by Gasteiger charge is -2.09. The van der Waals surface area contributed by atoms with Crippen LogP contribution in [0.1, 0.15) is 18.3 Å². The van der Waals surface area contributed by atoms with Gasteiger partial charge in [0.25, 0.3) is 0 Å². The van der Waals surface area contributed by atoms with Gasteiger partial charge in [-0.25, -0.2) is 4.98 Å². The van der Waals surface area contributed by atoms with Gasteiger partial charge in [0.05, 0.1) is 18.6 Å². The zero-order valence-electron chi connectivity index (χ0n) is 8.79. The van der Waals surface area contributed by atoms with E-state index in [1.807, 2.05) is 18.5 Å². The summed E-state index contributed by atoms with van der Waals surface area (Å²) in [5.74, 6) is 0.663. The molecule has 0 saturated carbocycles. The molecule has 0 spiro atoms. The molecule has 0 radical (unpaired) electrons. The number of rotatable bonds is 5. The Hall–Kier alpha value is -1.29. The molecule has 0 fully saturated rings. The first-order chi connectivity index (χ1) is 6.70. The van der Waals surface area contributed by atoms with Crippen LogP contribution in [-0.2, 0) is 18.2 Å². The number of ether oxygens (including phenoxy) is 1. The molecule has 4 nitrogen and oxygen atoms in total. The van der Waals surface area contributed by atoms with Crippen LogP contribution in [0.3, 0.4) is 0 Å². The van der Waals surface area contributed by atoms with Gasteiger partial charge in [-0.2, -0.15) is 0 Å². The van der Waals surface area contributed by atoms with Crippen molar-refractivity contribution in [3.8, 4) is 0 Å². The summed E-state index contributed by atoms with van der Waals surface area (Å²) in [6.07, 6.45) is 2.51. The van der Waals surface area contributed by atoms with E-state index in [9.17, 15) is 0 Å². The highest BCUT2D eigenvalue weighted by atomic mass is 16.5. The molecule has 0 aliphatic heterocycles. The minimum Gasteiger partial charge on any atom is -0.492 e. The first-order valence-electron chi connectivity index (χ1n) is 4.73. The van der Waals surface area contributed by atoms with Crippen LogP contribution in [0.15, 0.2) is 12.9 Å². The Kier molecular flexibility index (Phi) is 3.71. The summed E-state index contributed by atoms with van der Waals surface area (Å²) in [4.78, 5) is 4.25. The zero-order chi connectivity index (χ0) is 10.6. The SMILES string of the molecule is C=C(OCC)c1c(CCN)ncn1C. The fourth-order valence-corrected chi connectivity index (χ4v) is 1.40. The highest BCUT2D eigenvalue weighted by Gasteiger charge is 2.11. The van der Waals surface area contributed by atoms with Gasteiger partial charge in [-0.05, 0) is 13.5 Å². The summed E-state index contributed by atoms with van der Waals surface area (Å²) in [6, 6.07) is 0. The molecule has 0 atom stereocenters. The quantitative estimate of drug-likeness (QED) is 0.711. The maximum absolute atomic E-state index is 5.49. The van der Waals surface area contributed by atoms with Crippen LogP contribution < -0.4 is 5.73 Å². The van der Waals surface area contributed by atoms with E-state index in [4.69, 9.17) is 10.5 Å². The summed E-state index contributed by atoms with van der Waals surface area (Å²) in [6.45, 7) is 7.01. The van der Waals surface area contributed by atoms with Gasteiger partial charge in [-0.1, -0.05) is 6.58 Å². The molecule has 0 aliphatic rings. The van der Waals surface area contributed by atoms with E-state index in [0.29, 0.717) is 18.9 Å². The minimum atomic E-state index is 0.587. The van der Waals surface area contributed by atoms with Crippen LogP contribution in [0.25, 0.3) is 5.76 Å². The monoisotopic (exact) mass is 195 g/mol. The highest BCUT2D eigenvalue weighted by Crippen LogP contribution is 2.17. The first-order valence-corrected chi connectivity index (χ1v) is 4.73. The van der Waals surface area contributed by atoms with Crippen LogP contribution in [0.5, 0.6) is 0 Å². The smallest absolute Gasteiger partial charge is 0.137 e. The van der Waals surface area contributed by atoms with Gasteiger partial charge in [0.1, 0.15) is 11.5 Å². The third-order valence-electron chi connectivity index (χ3n) is 1.98. The second kappa shape index (κ2) is 4.81. The van der Waals surface area contributed by atoms with Crippen LogP contribution in [-0.4, -0.2) is 22.7 Å². The molecule has 0 amide bonds. The summed E-state index contributed by atoms with van der Waals surface area (Å²) in [5, 5.41) is 0. The molecular formula is C10H17N3O. The van der Waals surface area contributed by atoms with Crippen molar-refractivity contribution in [2.75, 3.05) is 13.2 Å². The third-order valence-corrected chi connectivity index (χ3v) is 1.98. The number of aromatic nitrogens is 2. The van der Waals surface area contributed by atoms with Crippen molar-refractivity contribution in [2.45, 2.75) is 13.3 Å². The molecule has 0 aliphatic carbocycles. The van der Waals surface area contributed by atoms with Crippen molar-refractivity contribution in [3.63, 3.8) is 0 Å². The molecule has 2 N–H and O–H groups in total. The van der Waals surface area contributed by atoms with Crippen molar-refractivity contribution in [3.05, 3.63) is 24.3 Å². The van der Waals surface area contributed by atoms with Crippen LogP contribution >= 0.6 is 0 Å². The molecule has 0 saturated heterocycles. The zero-order valence-corrected chi connectivity index (χ0v) is 8.79. The summed E-state index contributed by atoms with van der Waals surface area (Å²) in [7, 11) is 1.92. The fraction of sp³-hybridized carbons (Fsp3) is 0.500. The molecule has 78 valence electrons. The third kappa shape index (κ3) is 2.14. The van der Waals surface area contributed by atoms with Crippen molar-refractivity contribution in [1.82, 2.24) is 9.55 Å². The van der Waals surface area contributed by atoms with Gasteiger partial charge in [0, 0.05) is 13.5 Å². The fourth-order valence-electron chi connectivity index (χ4n) is 1.40. The molecule has 1 heterocycles. The molecule has 1 aromatic heterocycles. The topological polar surface area (TPSA) is 53.1 Å². The van der Waals surface area contributed by atoms with E-state index in [2.05, 4.69) is 11.6 Å². The molecule has 1 aromatic rings. The summed E-state index contributed by atoms with van der Waals surface area (Å²) in [5.41, 5.74) is 7.39. The van der Waals surface area contributed by atoms with Gasteiger partial charge >= 0.3 is 0 Å². The van der Waals surface area contributed by atoms with E-state index in [-0.39, 0.29) is 0 Å². The predicted molar refractivity (Wildman–Crippen MR) is 56.6 cm³/mol. The van der Waals surface area contributed by atoms with E-state index in [1.54, 1.807) is 6.33 Å². The van der Waals surface area contributed by atoms with Gasteiger partial charge in [0.2, 0.25) is 0 Å². The van der Waals surface area contributed by atoms with Crippen molar-refractivity contribution in [2.24, 2.45) is 12.8 Å². The predicted octanol–water partition coefficient (Wildman–Crippen LogP) is 0.928. The van der Waals surface area contributed by atoms with Gasteiger partial charge < -0.3 is 15.0 Å². The minimum absolute atomic E-state index is 0.587. The van der Waals surface area contributed by atoms with Gasteiger partial charge in [-0.15, -0.1) is 0 Å². The van der Waals surface area contributed by atoms with E-state index in [0.717, 1.165) is 17.8 Å². The lowest BCUT2D eigenvalue weighted by molar-refractivity contribution is 0.296. The molecule has 14 heavy (non-hydrogen) atoms. The van der Waals surface area contributed by atoms with Crippen LogP contribution in [0, 0.1) is 0 Å². The van der Waals surface area contributed by atoms with E-state index in [1.165, 1.54) is 0 Å². The molecule has 1 rings (SSSR count). The molecule has 0 bridgehead atoms. The summed E-state index contributed by atoms with van der Waals surface area (Å²) >= 11 is 0. The Morgan fingerprint density at radius 2 is 2.43 bits per heavy atom. The number of nitrogens with two attached hydrogens (primary N) is 1. The lowest BCUT2D eigenvalue weighted by atomic mass is 10.2. The molecule has 4 heteroatoms. The standard InChI is InChI=1S/C10H17N3O/c1-4-14-8(2)10-9(5-6-11)12-7-13(10)3/h7H,2,4-6,11H2,1,3H3. The first kappa shape index (κ1) is 10.8.